The molecule has 1 rings (SSSR count). The number of aromatic nitrogens is 1. The molecule has 1 aromatic rings. The fourth-order valence-electron chi connectivity index (χ4n) is 2.32. The molecule has 23 heavy (non-hydrogen) atoms. The summed E-state index contributed by atoms with van der Waals surface area (Å²) < 4.78 is 2.05. The van der Waals surface area contributed by atoms with Crippen molar-refractivity contribution in [1.29, 1.82) is 0 Å². The molecule has 0 spiro atoms. The Morgan fingerprint density at radius 1 is 1.35 bits per heavy atom. The molecule has 0 unspecified atom stereocenters. The molecular weight excluding hydrogens is 425 g/mol. The van der Waals surface area contributed by atoms with E-state index in [1.165, 1.54) is 12.8 Å². The van der Waals surface area contributed by atoms with Crippen molar-refractivity contribution < 1.29 is 0 Å². The molecule has 5 nitrogen and oxygen atoms in total. The van der Waals surface area contributed by atoms with E-state index in [1.807, 2.05) is 38.0 Å². The molecule has 0 fully saturated rings. The van der Waals surface area contributed by atoms with Crippen LogP contribution in [0.1, 0.15) is 25.5 Å². The maximum Gasteiger partial charge on any atom is 0.193 e. The number of unbranched alkanes of at least 4 members (excludes halogenated alkanes) is 1. The van der Waals surface area contributed by atoms with E-state index in [4.69, 9.17) is 11.6 Å². The molecule has 0 saturated heterocycles. The van der Waals surface area contributed by atoms with Crippen molar-refractivity contribution in [3.63, 3.8) is 0 Å². The normalized spacial score (nSPS) is 11.5. The number of halogens is 2. The van der Waals surface area contributed by atoms with Crippen LogP contribution in [-0.4, -0.2) is 61.1 Å². The van der Waals surface area contributed by atoms with Crippen LogP contribution in [0.5, 0.6) is 0 Å². The first-order chi connectivity index (χ1) is 10.5. The molecular formula is C16H31ClIN5. The molecule has 134 valence electrons. The summed E-state index contributed by atoms with van der Waals surface area (Å²) in [5, 5.41) is 4.18. The number of nitrogens with zero attached hydrogens (tertiary/aromatic N) is 4. The van der Waals surface area contributed by atoms with Gasteiger partial charge in [-0.05, 0) is 26.1 Å². The second-order valence-corrected chi connectivity index (χ2v) is 6.18. The highest BCUT2D eigenvalue weighted by Gasteiger charge is 2.09. The SMILES string of the molecule is CCCCN(C)CCNC(=NC)N(C)Cc1cc(Cl)cn1C.I. The first-order valence-corrected chi connectivity index (χ1v) is 8.26. The third kappa shape index (κ3) is 8.26. The number of hydrogen-bond acceptors (Lipinski definition) is 2. The van der Waals surface area contributed by atoms with E-state index in [0.717, 1.165) is 42.9 Å². The zero-order chi connectivity index (χ0) is 16.5. The van der Waals surface area contributed by atoms with Gasteiger partial charge in [-0.25, -0.2) is 0 Å². The third-order valence-electron chi connectivity index (χ3n) is 3.72. The van der Waals surface area contributed by atoms with Crippen LogP contribution >= 0.6 is 35.6 Å². The summed E-state index contributed by atoms with van der Waals surface area (Å²) in [7, 11) is 8.03. The number of likely N-dealkylation sites (N-methyl/N-ethyl adjacent to an activating group) is 1. The first kappa shape index (κ1) is 22.5. The maximum absolute atomic E-state index is 6.03. The fraction of sp³-hybridized carbons (Fsp3) is 0.688. The van der Waals surface area contributed by atoms with Gasteiger partial charge in [0.1, 0.15) is 0 Å². The van der Waals surface area contributed by atoms with Crippen molar-refractivity contribution in [2.24, 2.45) is 12.0 Å². The molecule has 0 saturated carbocycles. The summed E-state index contributed by atoms with van der Waals surface area (Å²) >= 11 is 6.03. The zero-order valence-corrected chi connectivity index (χ0v) is 18.1. The smallest absolute Gasteiger partial charge is 0.193 e. The van der Waals surface area contributed by atoms with Crippen molar-refractivity contribution in [3.05, 3.63) is 23.0 Å². The lowest BCUT2D eigenvalue weighted by atomic mass is 10.3. The van der Waals surface area contributed by atoms with E-state index in [1.54, 1.807) is 0 Å². The summed E-state index contributed by atoms with van der Waals surface area (Å²) in [5.74, 6) is 0.904. The largest absolute Gasteiger partial charge is 0.355 e. The summed E-state index contributed by atoms with van der Waals surface area (Å²) in [4.78, 5) is 8.81. The minimum Gasteiger partial charge on any atom is -0.355 e. The first-order valence-electron chi connectivity index (χ1n) is 7.89. The van der Waals surface area contributed by atoms with Crippen molar-refractivity contribution in [2.45, 2.75) is 26.3 Å². The summed E-state index contributed by atoms with van der Waals surface area (Å²) in [5.41, 5.74) is 1.16. The standard InChI is InChI=1S/C16H30ClN5.HI/c1-6-7-9-20(3)10-8-19-16(18-2)22(5)13-15-11-14(17)12-21(15)4;/h11-12H,6-10,13H2,1-5H3,(H,18,19);1H. The Labute approximate surface area is 163 Å². The Hall–Kier alpha value is -0.470. The zero-order valence-electron chi connectivity index (χ0n) is 15.0. The average Bonchev–Trinajstić information content (AvgIpc) is 2.79. The van der Waals surface area contributed by atoms with E-state index in [-0.39, 0.29) is 24.0 Å². The second kappa shape index (κ2) is 12.0. The highest BCUT2D eigenvalue weighted by Crippen LogP contribution is 2.14. The maximum atomic E-state index is 6.03. The van der Waals surface area contributed by atoms with Gasteiger partial charge in [0.2, 0.25) is 0 Å². The molecule has 0 aromatic carbocycles. The van der Waals surface area contributed by atoms with Gasteiger partial charge in [0, 0.05) is 46.1 Å². The minimum atomic E-state index is 0. The van der Waals surface area contributed by atoms with Crippen LogP contribution < -0.4 is 5.32 Å². The number of nitrogens with one attached hydrogen (secondary N) is 1. The van der Waals surface area contributed by atoms with Crippen molar-refractivity contribution in [2.75, 3.05) is 40.8 Å². The van der Waals surface area contributed by atoms with Crippen LogP contribution in [0.25, 0.3) is 0 Å². The van der Waals surface area contributed by atoms with E-state index in [9.17, 15) is 0 Å². The molecule has 0 amide bonds. The van der Waals surface area contributed by atoms with Crippen molar-refractivity contribution in [1.82, 2.24) is 19.7 Å². The number of aliphatic imine (C=N–C) groups is 1. The molecule has 1 aromatic heterocycles. The average molecular weight is 456 g/mol. The molecule has 0 aliphatic heterocycles. The molecule has 0 radical (unpaired) electrons. The minimum absolute atomic E-state index is 0. The van der Waals surface area contributed by atoms with Gasteiger partial charge >= 0.3 is 0 Å². The van der Waals surface area contributed by atoms with Crippen LogP contribution in [0, 0.1) is 0 Å². The van der Waals surface area contributed by atoms with Gasteiger partial charge in [0.15, 0.2) is 5.96 Å². The number of guanidine groups is 1. The van der Waals surface area contributed by atoms with Crippen LogP contribution in [0.3, 0.4) is 0 Å². The lowest BCUT2D eigenvalue weighted by Gasteiger charge is -2.23. The summed E-state index contributed by atoms with van der Waals surface area (Å²) in [6, 6.07) is 1.99. The molecule has 1 heterocycles. The molecule has 1 N–H and O–H groups in total. The molecule has 0 bridgehead atoms. The summed E-state index contributed by atoms with van der Waals surface area (Å²) in [6.07, 6.45) is 4.41. The topological polar surface area (TPSA) is 35.8 Å². The van der Waals surface area contributed by atoms with Gasteiger partial charge in [-0.2, -0.15) is 0 Å². The van der Waals surface area contributed by atoms with Gasteiger partial charge < -0.3 is 19.7 Å². The number of rotatable bonds is 8. The van der Waals surface area contributed by atoms with E-state index < -0.39 is 0 Å². The molecule has 0 aliphatic carbocycles. The van der Waals surface area contributed by atoms with Gasteiger partial charge in [0.05, 0.1) is 11.6 Å². The fourth-order valence-corrected chi connectivity index (χ4v) is 2.60. The van der Waals surface area contributed by atoms with E-state index >= 15 is 0 Å². The second-order valence-electron chi connectivity index (χ2n) is 5.75. The summed E-state index contributed by atoms with van der Waals surface area (Å²) in [6.45, 7) is 6.05. The van der Waals surface area contributed by atoms with Crippen LogP contribution in [0.15, 0.2) is 17.3 Å². The number of hydrogen-bond donors (Lipinski definition) is 1. The Balaban J connectivity index is 0.00000484. The molecule has 7 heteroatoms. The Morgan fingerprint density at radius 3 is 2.57 bits per heavy atom. The monoisotopic (exact) mass is 455 g/mol. The Bertz CT molecular complexity index is 475. The highest BCUT2D eigenvalue weighted by atomic mass is 127. The Morgan fingerprint density at radius 2 is 2.04 bits per heavy atom. The van der Waals surface area contributed by atoms with Gasteiger partial charge in [0.25, 0.3) is 0 Å². The van der Waals surface area contributed by atoms with Crippen molar-refractivity contribution in [3.8, 4) is 0 Å². The van der Waals surface area contributed by atoms with Crippen LogP contribution in [-0.2, 0) is 13.6 Å². The van der Waals surface area contributed by atoms with Gasteiger partial charge in [-0.15, -0.1) is 24.0 Å². The lowest BCUT2D eigenvalue weighted by molar-refractivity contribution is 0.329. The van der Waals surface area contributed by atoms with Gasteiger partial charge in [-0.3, -0.25) is 4.99 Å². The Kier molecular flexibility index (Phi) is 11.7. The van der Waals surface area contributed by atoms with Gasteiger partial charge in [-0.1, -0.05) is 24.9 Å². The highest BCUT2D eigenvalue weighted by molar-refractivity contribution is 14.0. The molecule has 0 aliphatic rings. The van der Waals surface area contributed by atoms with E-state index in [0.29, 0.717) is 0 Å². The predicted molar refractivity (Wildman–Crippen MR) is 111 cm³/mol. The van der Waals surface area contributed by atoms with Crippen molar-refractivity contribution >= 4 is 41.5 Å². The van der Waals surface area contributed by atoms with Crippen LogP contribution in [0.4, 0.5) is 0 Å². The quantitative estimate of drug-likeness (QED) is 0.372. The molecule has 0 atom stereocenters. The number of aryl methyl sites for hydroxylation is 1. The van der Waals surface area contributed by atoms with E-state index in [2.05, 4.69) is 34.1 Å². The predicted octanol–water partition coefficient (Wildman–Crippen LogP) is 3.04. The lowest BCUT2D eigenvalue weighted by Crippen LogP contribution is -2.42. The van der Waals surface area contributed by atoms with Crippen LogP contribution in [0.2, 0.25) is 5.02 Å². The third-order valence-corrected chi connectivity index (χ3v) is 3.92.